The molecule has 4 heteroatoms. The SMILES string of the molecule is Cc1cc(N(C)C2CCN(C)CC2)c2cc(N)ccc2n1. The minimum atomic E-state index is 0.590. The van der Waals surface area contributed by atoms with Crippen LogP contribution < -0.4 is 10.6 Å². The van der Waals surface area contributed by atoms with Crippen LogP contribution in [0.25, 0.3) is 10.9 Å². The number of aryl methyl sites for hydroxylation is 1. The number of piperidine rings is 1. The molecule has 1 fully saturated rings. The summed E-state index contributed by atoms with van der Waals surface area (Å²) in [6.45, 7) is 4.39. The third-order valence-electron chi connectivity index (χ3n) is 4.55. The highest BCUT2D eigenvalue weighted by Crippen LogP contribution is 2.30. The Kier molecular flexibility index (Phi) is 3.72. The molecule has 2 heterocycles. The zero-order chi connectivity index (χ0) is 15.0. The van der Waals surface area contributed by atoms with Gasteiger partial charge in [0.05, 0.1) is 5.52 Å². The van der Waals surface area contributed by atoms with Crippen LogP contribution in [0, 0.1) is 6.92 Å². The number of hydrogen-bond acceptors (Lipinski definition) is 4. The van der Waals surface area contributed by atoms with Gasteiger partial charge in [-0.05, 0) is 64.2 Å². The number of fused-ring (bicyclic) bond motifs is 1. The lowest BCUT2D eigenvalue weighted by molar-refractivity contribution is 0.253. The normalized spacial score (nSPS) is 17.3. The number of aromatic nitrogens is 1. The number of anilines is 2. The second-order valence-electron chi connectivity index (χ2n) is 6.20. The largest absolute Gasteiger partial charge is 0.399 e. The van der Waals surface area contributed by atoms with E-state index in [9.17, 15) is 0 Å². The van der Waals surface area contributed by atoms with Gasteiger partial charge in [0.1, 0.15) is 0 Å². The molecule has 0 atom stereocenters. The van der Waals surface area contributed by atoms with Gasteiger partial charge in [-0.15, -0.1) is 0 Å². The van der Waals surface area contributed by atoms with Crippen LogP contribution in [-0.2, 0) is 0 Å². The zero-order valence-corrected chi connectivity index (χ0v) is 13.1. The summed E-state index contributed by atoms with van der Waals surface area (Å²) in [5.41, 5.74) is 10.1. The van der Waals surface area contributed by atoms with Crippen LogP contribution in [0.3, 0.4) is 0 Å². The summed E-state index contributed by atoms with van der Waals surface area (Å²) in [5, 5.41) is 1.15. The summed E-state index contributed by atoms with van der Waals surface area (Å²) in [5.74, 6) is 0. The predicted molar refractivity (Wildman–Crippen MR) is 89.8 cm³/mol. The van der Waals surface area contributed by atoms with Gasteiger partial charge in [0.25, 0.3) is 0 Å². The van der Waals surface area contributed by atoms with E-state index in [-0.39, 0.29) is 0 Å². The second-order valence-corrected chi connectivity index (χ2v) is 6.20. The highest BCUT2D eigenvalue weighted by atomic mass is 15.2. The van der Waals surface area contributed by atoms with E-state index in [0.29, 0.717) is 6.04 Å². The Bertz CT molecular complexity index is 645. The van der Waals surface area contributed by atoms with Crippen LogP contribution in [0.15, 0.2) is 24.3 Å². The van der Waals surface area contributed by atoms with E-state index in [1.165, 1.54) is 31.6 Å². The molecule has 112 valence electrons. The summed E-state index contributed by atoms with van der Waals surface area (Å²) < 4.78 is 0. The van der Waals surface area contributed by atoms with Gasteiger partial charge in [-0.25, -0.2) is 0 Å². The molecule has 1 aromatic carbocycles. The van der Waals surface area contributed by atoms with Crippen molar-refractivity contribution in [2.24, 2.45) is 0 Å². The van der Waals surface area contributed by atoms with E-state index in [4.69, 9.17) is 5.73 Å². The Hall–Kier alpha value is -1.81. The van der Waals surface area contributed by atoms with Crippen molar-refractivity contribution in [2.45, 2.75) is 25.8 Å². The average molecular weight is 284 g/mol. The Labute approximate surface area is 126 Å². The average Bonchev–Trinajstić information content (AvgIpc) is 2.47. The topological polar surface area (TPSA) is 45.4 Å². The van der Waals surface area contributed by atoms with Crippen molar-refractivity contribution in [1.29, 1.82) is 0 Å². The molecule has 0 aliphatic carbocycles. The maximum Gasteiger partial charge on any atom is 0.0727 e. The Balaban J connectivity index is 2.00. The van der Waals surface area contributed by atoms with Crippen LogP contribution in [0.4, 0.5) is 11.4 Å². The first-order chi connectivity index (χ1) is 10.0. The number of hydrogen-bond donors (Lipinski definition) is 1. The Morgan fingerprint density at radius 2 is 1.95 bits per heavy atom. The molecule has 3 rings (SSSR count). The lowest BCUT2D eigenvalue weighted by Crippen LogP contribution is -2.42. The standard InChI is InChI=1S/C17H24N4/c1-12-10-17(15-11-13(18)4-5-16(15)19-12)21(3)14-6-8-20(2)9-7-14/h4-5,10-11,14H,6-9,18H2,1-3H3. The smallest absolute Gasteiger partial charge is 0.0727 e. The van der Waals surface area contributed by atoms with Gasteiger partial charge in [-0.3, -0.25) is 4.98 Å². The first-order valence-corrected chi connectivity index (χ1v) is 7.63. The van der Waals surface area contributed by atoms with Crippen molar-refractivity contribution in [3.8, 4) is 0 Å². The fourth-order valence-electron chi connectivity index (χ4n) is 3.22. The molecule has 1 aromatic heterocycles. The minimum Gasteiger partial charge on any atom is -0.399 e. The first kappa shape index (κ1) is 14.1. The molecular weight excluding hydrogens is 260 g/mol. The highest BCUT2D eigenvalue weighted by molar-refractivity contribution is 5.94. The maximum atomic E-state index is 5.97. The molecule has 21 heavy (non-hydrogen) atoms. The summed E-state index contributed by atoms with van der Waals surface area (Å²) in [6, 6.07) is 8.76. The van der Waals surface area contributed by atoms with E-state index >= 15 is 0 Å². The van der Waals surface area contributed by atoms with Gasteiger partial charge in [-0.2, -0.15) is 0 Å². The number of pyridine rings is 1. The van der Waals surface area contributed by atoms with Gasteiger partial charge < -0.3 is 15.5 Å². The van der Waals surface area contributed by atoms with Gasteiger partial charge in [0, 0.05) is 35.5 Å². The van der Waals surface area contributed by atoms with Crippen molar-refractivity contribution in [3.05, 3.63) is 30.0 Å². The van der Waals surface area contributed by atoms with Gasteiger partial charge >= 0.3 is 0 Å². The van der Waals surface area contributed by atoms with Crippen molar-refractivity contribution in [2.75, 3.05) is 37.8 Å². The summed E-state index contributed by atoms with van der Waals surface area (Å²) in [4.78, 5) is 9.45. The number of nitrogens with two attached hydrogens (primary N) is 1. The van der Waals surface area contributed by atoms with E-state index in [0.717, 1.165) is 22.3 Å². The molecule has 1 saturated heterocycles. The van der Waals surface area contributed by atoms with Crippen LogP contribution in [-0.4, -0.2) is 43.1 Å². The van der Waals surface area contributed by atoms with Crippen molar-refractivity contribution >= 4 is 22.3 Å². The van der Waals surface area contributed by atoms with Crippen LogP contribution in [0.1, 0.15) is 18.5 Å². The Morgan fingerprint density at radius 3 is 2.67 bits per heavy atom. The highest BCUT2D eigenvalue weighted by Gasteiger charge is 2.22. The predicted octanol–water partition coefficient (Wildman–Crippen LogP) is 2.66. The van der Waals surface area contributed by atoms with Crippen LogP contribution in [0.2, 0.25) is 0 Å². The molecule has 0 bridgehead atoms. The molecule has 0 unspecified atom stereocenters. The number of benzene rings is 1. The number of rotatable bonds is 2. The Morgan fingerprint density at radius 1 is 1.24 bits per heavy atom. The molecule has 0 amide bonds. The molecule has 0 spiro atoms. The second kappa shape index (κ2) is 5.53. The van der Waals surface area contributed by atoms with Crippen molar-refractivity contribution < 1.29 is 0 Å². The van der Waals surface area contributed by atoms with Crippen molar-refractivity contribution in [3.63, 3.8) is 0 Å². The lowest BCUT2D eigenvalue weighted by atomic mass is 10.0. The third-order valence-corrected chi connectivity index (χ3v) is 4.55. The monoisotopic (exact) mass is 284 g/mol. The molecule has 4 nitrogen and oxygen atoms in total. The quantitative estimate of drug-likeness (QED) is 0.861. The molecule has 0 saturated carbocycles. The maximum absolute atomic E-state index is 5.97. The summed E-state index contributed by atoms with van der Waals surface area (Å²) in [6.07, 6.45) is 2.41. The first-order valence-electron chi connectivity index (χ1n) is 7.63. The van der Waals surface area contributed by atoms with E-state index in [1.807, 2.05) is 18.2 Å². The van der Waals surface area contributed by atoms with Gasteiger partial charge in [0.2, 0.25) is 0 Å². The third kappa shape index (κ3) is 2.81. The fraction of sp³-hybridized carbons (Fsp3) is 0.471. The van der Waals surface area contributed by atoms with E-state index in [2.05, 4.69) is 41.9 Å². The van der Waals surface area contributed by atoms with Gasteiger partial charge in [0.15, 0.2) is 0 Å². The van der Waals surface area contributed by atoms with Crippen molar-refractivity contribution in [1.82, 2.24) is 9.88 Å². The number of nitrogens with zero attached hydrogens (tertiary/aromatic N) is 3. The van der Waals surface area contributed by atoms with Gasteiger partial charge in [-0.1, -0.05) is 0 Å². The molecule has 1 aliphatic rings. The van der Waals surface area contributed by atoms with E-state index in [1.54, 1.807) is 0 Å². The zero-order valence-electron chi connectivity index (χ0n) is 13.1. The molecular formula is C17H24N4. The number of likely N-dealkylation sites (tertiary alicyclic amines) is 1. The fourth-order valence-corrected chi connectivity index (χ4v) is 3.22. The molecule has 0 radical (unpaired) electrons. The summed E-state index contributed by atoms with van der Waals surface area (Å²) >= 11 is 0. The molecule has 2 aromatic rings. The molecule has 2 N–H and O–H groups in total. The lowest BCUT2D eigenvalue weighted by Gasteiger charge is -2.37. The van der Waals surface area contributed by atoms with Crippen LogP contribution >= 0.6 is 0 Å². The van der Waals surface area contributed by atoms with Crippen LogP contribution in [0.5, 0.6) is 0 Å². The summed E-state index contributed by atoms with van der Waals surface area (Å²) in [7, 11) is 4.40. The van der Waals surface area contributed by atoms with E-state index < -0.39 is 0 Å². The molecule has 1 aliphatic heterocycles. The number of nitrogen functional groups attached to an aromatic ring is 1. The minimum absolute atomic E-state index is 0.590.